The van der Waals surface area contributed by atoms with Crippen LogP contribution >= 0.6 is 0 Å². The Kier molecular flexibility index (Phi) is 13.3. The van der Waals surface area contributed by atoms with Crippen LogP contribution < -0.4 is 20.3 Å². The lowest BCUT2D eigenvalue weighted by Gasteiger charge is -2.39. The molecule has 2 atom stereocenters. The van der Waals surface area contributed by atoms with E-state index in [0.29, 0.717) is 23.5 Å². The van der Waals surface area contributed by atoms with Gasteiger partial charge in [-0.25, -0.2) is 14.5 Å². The number of hydrogen-bond acceptors (Lipinski definition) is 10. The lowest BCUT2D eigenvalue weighted by Crippen LogP contribution is -2.58. The van der Waals surface area contributed by atoms with Gasteiger partial charge in [0.15, 0.2) is 11.9 Å². The average molecular weight is 780 g/mol. The Morgan fingerprint density at radius 2 is 1.65 bits per heavy atom. The first-order valence-electron chi connectivity index (χ1n) is 19.3. The molecule has 1 aromatic heterocycles. The molecule has 302 valence electrons. The summed E-state index contributed by atoms with van der Waals surface area (Å²) in [4.78, 5) is 65.3. The van der Waals surface area contributed by atoms with E-state index in [1.165, 1.54) is 11.2 Å². The molecule has 2 N–H and O–H groups in total. The van der Waals surface area contributed by atoms with E-state index in [-0.39, 0.29) is 43.3 Å². The Hall–Kier alpha value is -5.89. The Labute approximate surface area is 334 Å². The van der Waals surface area contributed by atoms with E-state index in [0.717, 1.165) is 27.1 Å². The molecule has 0 saturated heterocycles. The molecule has 5 rings (SSSR count). The second-order valence-electron chi connectivity index (χ2n) is 14.9. The van der Waals surface area contributed by atoms with Gasteiger partial charge in [0, 0.05) is 17.8 Å². The maximum atomic E-state index is 14.6. The fourth-order valence-electron chi connectivity index (χ4n) is 6.57. The second-order valence-corrected chi connectivity index (χ2v) is 14.9. The van der Waals surface area contributed by atoms with Crippen molar-refractivity contribution in [3.8, 4) is 5.75 Å². The molecule has 14 nitrogen and oxygen atoms in total. The molecule has 1 aliphatic rings. The fraction of sp³-hybridized carbons (Fsp3) is 0.419. The molecule has 0 saturated carbocycles. The number of amides is 3. The number of aryl methyl sites for hydroxylation is 2. The third kappa shape index (κ3) is 9.23. The van der Waals surface area contributed by atoms with Gasteiger partial charge in [0.25, 0.3) is 17.6 Å². The van der Waals surface area contributed by atoms with Gasteiger partial charge < -0.3 is 24.8 Å². The van der Waals surface area contributed by atoms with Crippen molar-refractivity contribution in [1.82, 2.24) is 14.8 Å². The monoisotopic (exact) mass is 779 g/mol. The fourth-order valence-corrected chi connectivity index (χ4v) is 6.57. The van der Waals surface area contributed by atoms with Crippen LogP contribution in [0.2, 0.25) is 0 Å². The van der Waals surface area contributed by atoms with Gasteiger partial charge in [-0.3, -0.25) is 19.3 Å². The van der Waals surface area contributed by atoms with Crippen LogP contribution in [0.15, 0.2) is 78.0 Å². The van der Waals surface area contributed by atoms with E-state index in [1.807, 2.05) is 38.1 Å². The van der Waals surface area contributed by atoms with Gasteiger partial charge in [-0.05, 0) is 80.5 Å². The number of para-hydroxylation sites is 1. The summed E-state index contributed by atoms with van der Waals surface area (Å²) in [6.07, 6.45) is 1.65. The topological polar surface area (TPSA) is 166 Å². The molecule has 0 bridgehead atoms. The highest BCUT2D eigenvalue weighted by molar-refractivity contribution is 6.34. The summed E-state index contributed by atoms with van der Waals surface area (Å²) in [5, 5.41) is 10.5. The molecular weight excluding hydrogens is 727 g/mol. The number of amidine groups is 1. The van der Waals surface area contributed by atoms with E-state index >= 15 is 0 Å². The lowest BCUT2D eigenvalue weighted by atomic mass is 9.78. The summed E-state index contributed by atoms with van der Waals surface area (Å²) in [5.41, 5.74) is 2.86. The zero-order valence-electron chi connectivity index (χ0n) is 34.2. The molecule has 0 radical (unpaired) electrons. The van der Waals surface area contributed by atoms with Gasteiger partial charge in [0.1, 0.15) is 24.2 Å². The summed E-state index contributed by atoms with van der Waals surface area (Å²) in [7, 11) is 0. The van der Waals surface area contributed by atoms with Crippen LogP contribution in [0, 0.1) is 19.3 Å². The number of anilines is 3. The van der Waals surface area contributed by atoms with Crippen molar-refractivity contribution in [2.45, 2.75) is 99.3 Å². The summed E-state index contributed by atoms with van der Waals surface area (Å²) in [6.45, 7) is 17.6. The molecule has 4 aromatic rings. The van der Waals surface area contributed by atoms with Crippen LogP contribution in [0.4, 0.5) is 17.1 Å². The molecule has 0 spiro atoms. The van der Waals surface area contributed by atoms with Crippen LogP contribution in [0.1, 0.15) is 101 Å². The summed E-state index contributed by atoms with van der Waals surface area (Å²) in [5.74, 6) is -2.42. The van der Waals surface area contributed by atoms with Crippen molar-refractivity contribution in [1.29, 1.82) is 0 Å². The van der Waals surface area contributed by atoms with E-state index in [4.69, 9.17) is 14.2 Å². The number of carbonyl (C=O) groups excluding carboxylic acids is 4. The van der Waals surface area contributed by atoms with Crippen molar-refractivity contribution >= 4 is 46.6 Å². The molecule has 3 amide bonds. The highest BCUT2D eigenvalue weighted by Gasteiger charge is 2.52. The Balaban J connectivity index is 1.44. The van der Waals surface area contributed by atoms with Gasteiger partial charge in [0.05, 0.1) is 12.3 Å². The van der Waals surface area contributed by atoms with Crippen LogP contribution in [0.5, 0.6) is 5.75 Å². The molecule has 3 aromatic carbocycles. The Morgan fingerprint density at radius 1 is 0.930 bits per heavy atom. The van der Waals surface area contributed by atoms with Crippen LogP contribution in [-0.4, -0.2) is 63.9 Å². The van der Waals surface area contributed by atoms with Crippen molar-refractivity contribution in [2.75, 3.05) is 28.9 Å². The molecular formula is C43H53N7O7. The maximum Gasteiger partial charge on any atom is 0.378 e. The Bertz CT molecular complexity index is 2120. The number of hydrogen-bond donors (Lipinski definition) is 2. The minimum atomic E-state index is -1.53. The molecule has 2 unspecified atom stereocenters. The zero-order chi connectivity index (χ0) is 41.5. The number of aliphatic imine (C=N–C) groups is 1. The highest BCUT2D eigenvalue weighted by atomic mass is 16.7. The number of esters is 1. The second kappa shape index (κ2) is 17.9. The predicted octanol–water partition coefficient (Wildman–Crippen LogP) is 7.53. The van der Waals surface area contributed by atoms with Crippen LogP contribution in [-0.2, 0) is 29.3 Å². The normalized spacial score (nSPS) is 15.1. The number of nitrogens with one attached hydrogen (secondary N) is 2. The molecule has 0 fully saturated rings. The van der Waals surface area contributed by atoms with Gasteiger partial charge in [0.2, 0.25) is 12.2 Å². The van der Waals surface area contributed by atoms with Crippen molar-refractivity contribution in [3.63, 3.8) is 0 Å². The standard InChI is InChI=1S/C43H53N7O7/c1-10-34(57-33-22-19-27(5)23-31(33)42(7,8)9)56-26-45-29-21-20-28(6)32(24-29)46-38(51)35(49-25-44-36(48-49)39(52)55-13-4)37-47-40(53)43(11-2,12-3)41(54)50(37)30-17-15-14-16-18-30/h14-25,34-35,45H,10-13,26H2,1-9H3,(H,46,51). The minimum Gasteiger partial charge on any atom is -0.465 e. The first kappa shape index (κ1) is 42.3. The van der Waals surface area contributed by atoms with Crippen molar-refractivity contribution in [3.05, 3.63) is 95.6 Å². The van der Waals surface area contributed by atoms with Crippen LogP contribution in [0.25, 0.3) is 0 Å². The number of ether oxygens (including phenoxy) is 3. The number of rotatable bonds is 16. The summed E-state index contributed by atoms with van der Waals surface area (Å²) >= 11 is 0. The third-order valence-corrected chi connectivity index (χ3v) is 9.99. The number of nitrogens with zero attached hydrogens (tertiary/aromatic N) is 5. The van der Waals surface area contributed by atoms with Crippen molar-refractivity contribution in [2.24, 2.45) is 10.4 Å². The van der Waals surface area contributed by atoms with Gasteiger partial charge in [-0.15, -0.1) is 5.10 Å². The quantitative estimate of drug-likeness (QED) is 0.0660. The van der Waals surface area contributed by atoms with Crippen LogP contribution in [0.3, 0.4) is 0 Å². The summed E-state index contributed by atoms with van der Waals surface area (Å²) in [6, 6.07) is 18.7. The molecule has 57 heavy (non-hydrogen) atoms. The first-order valence-corrected chi connectivity index (χ1v) is 19.3. The smallest absolute Gasteiger partial charge is 0.378 e. The van der Waals surface area contributed by atoms with E-state index in [1.54, 1.807) is 57.2 Å². The molecule has 1 aliphatic heterocycles. The van der Waals surface area contributed by atoms with Gasteiger partial charge in [-0.1, -0.05) is 83.5 Å². The Morgan fingerprint density at radius 3 is 2.30 bits per heavy atom. The predicted molar refractivity (Wildman–Crippen MR) is 218 cm³/mol. The van der Waals surface area contributed by atoms with Crippen molar-refractivity contribution < 1.29 is 33.4 Å². The van der Waals surface area contributed by atoms with E-state index in [9.17, 15) is 19.2 Å². The zero-order valence-corrected chi connectivity index (χ0v) is 34.2. The largest absolute Gasteiger partial charge is 0.465 e. The van der Waals surface area contributed by atoms with Gasteiger partial charge >= 0.3 is 5.97 Å². The number of benzene rings is 3. The first-order chi connectivity index (χ1) is 27.2. The summed E-state index contributed by atoms with van der Waals surface area (Å²) < 4.78 is 18.6. The molecule has 0 aliphatic carbocycles. The molecule has 2 heterocycles. The number of carbonyl (C=O) groups is 4. The SMILES string of the molecule is CCOC(=O)c1ncn(C(C(=O)Nc2cc(NCOC(CC)Oc3ccc(C)cc3C(C)(C)C)ccc2C)C2=NC(=O)C(CC)(CC)C(=O)N2c2ccccc2)n1. The van der Waals surface area contributed by atoms with Gasteiger partial charge in [-0.2, -0.15) is 4.99 Å². The third-order valence-electron chi connectivity index (χ3n) is 9.99. The highest BCUT2D eigenvalue weighted by Crippen LogP contribution is 2.39. The average Bonchev–Trinajstić information content (AvgIpc) is 3.67. The molecule has 14 heteroatoms. The maximum absolute atomic E-state index is 14.6. The lowest BCUT2D eigenvalue weighted by molar-refractivity contribution is -0.140. The van der Waals surface area contributed by atoms with E-state index in [2.05, 4.69) is 59.5 Å². The number of aromatic nitrogens is 3. The minimum absolute atomic E-state index is 0.0800. The van der Waals surface area contributed by atoms with E-state index < -0.39 is 41.4 Å².